The molecule has 0 aliphatic carbocycles. The largest absolute Gasteiger partial charge is 0.454 e. The van der Waals surface area contributed by atoms with Gasteiger partial charge < -0.3 is 20.1 Å². The number of carbonyl (C=O) groups excluding carboxylic acids is 2. The zero-order chi connectivity index (χ0) is 20.4. The van der Waals surface area contributed by atoms with Gasteiger partial charge in [-0.15, -0.1) is 11.3 Å². The van der Waals surface area contributed by atoms with Gasteiger partial charge in [-0.1, -0.05) is 0 Å². The molecule has 3 amide bonds. The quantitative estimate of drug-likeness (QED) is 0.690. The van der Waals surface area contributed by atoms with Gasteiger partial charge in [0.15, 0.2) is 16.6 Å². The first-order chi connectivity index (χ1) is 14.0. The maximum atomic E-state index is 12.4. The first-order valence-electron chi connectivity index (χ1n) is 9.44. The van der Waals surface area contributed by atoms with Crippen molar-refractivity contribution in [3.63, 3.8) is 0 Å². The summed E-state index contributed by atoms with van der Waals surface area (Å²) in [5.41, 5.74) is 1.67. The van der Waals surface area contributed by atoms with Crippen molar-refractivity contribution in [3.05, 3.63) is 28.8 Å². The molecule has 3 heterocycles. The number of fused-ring (bicyclic) bond motifs is 2. The van der Waals surface area contributed by atoms with Crippen LogP contribution in [0.15, 0.2) is 18.2 Å². The van der Waals surface area contributed by atoms with E-state index < -0.39 is 0 Å². The summed E-state index contributed by atoms with van der Waals surface area (Å²) in [6.45, 7) is 5.66. The Morgan fingerprint density at radius 3 is 2.90 bits per heavy atom. The summed E-state index contributed by atoms with van der Waals surface area (Å²) in [4.78, 5) is 32.0. The number of nitrogens with one attached hydrogen (secondary N) is 3. The van der Waals surface area contributed by atoms with Crippen LogP contribution in [0.1, 0.15) is 24.4 Å². The molecular formula is C19H23N5O4S. The van der Waals surface area contributed by atoms with Crippen LogP contribution in [0.5, 0.6) is 11.5 Å². The molecule has 0 fully saturated rings. The molecule has 0 atom stereocenters. The van der Waals surface area contributed by atoms with Crippen molar-refractivity contribution in [2.24, 2.45) is 0 Å². The monoisotopic (exact) mass is 417 g/mol. The van der Waals surface area contributed by atoms with Crippen LogP contribution in [-0.2, 0) is 17.8 Å². The molecule has 0 bridgehead atoms. The molecule has 2 aliphatic heterocycles. The summed E-state index contributed by atoms with van der Waals surface area (Å²) in [6.07, 6.45) is 0.747. The van der Waals surface area contributed by atoms with Gasteiger partial charge in [-0.3, -0.25) is 15.0 Å². The van der Waals surface area contributed by atoms with Crippen LogP contribution in [-0.4, -0.2) is 47.7 Å². The van der Waals surface area contributed by atoms with Crippen molar-refractivity contribution in [2.75, 3.05) is 30.5 Å². The first kappa shape index (κ1) is 19.5. The van der Waals surface area contributed by atoms with Gasteiger partial charge >= 0.3 is 6.03 Å². The fraction of sp³-hybridized carbons (Fsp3) is 0.421. The van der Waals surface area contributed by atoms with E-state index in [1.54, 1.807) is 18.2 Å². The molecule has 0 unspecified atom stereocenters. The Morgan fingerprint density at radius 1 is 1.24 bits per heavy atom. The molecule has 4 rings (SSSR count). The van der Waals surface area contributed by atoms with Crippen molar-refractivity contribution in [1.29, 1.82) is 0 Å². The van der Waals surface area contributed by atoms with E-state index >= 15 is 0 Å². The standard InChI is InChI=1S/C19H23N5O4S/c1-11(2)20-18(26)23-19-22-13-5-6-24(8-16(13)29-19)9-17(25)21-12-3-4-14-15(7-12)28-10-27-14/h3-4,7,11H,5-6,8-10H2,1-2H3,(H,21,25)(H2,20,22,23,26). The first-order valence-corrected chi connectivity index (χ1v) is 10.3. The van der Waals surface area contributed by atoms with Gasteiger partial charge in [-0.2, -0.15) is 0 Å². The number of carbonyl (C=O) groups is 2. The minimum atomic E-state index is -0.258. The van der Waals surface area contributed by atoms with Gasteiger partial charge in [0.2, 0.25) is 12.7 Å². The minimum absolute atomic E-state index is 0.0587. The van der Waals surface area contributed by atoms with E-state index in [4.69, 9.17) is 9.47 Å². The number of rotatable bonds is 5. The molecule has 0 saturated heterocycles. The van der Waals surface area contributed by atoms with Crippen LogP contribution in [0.2, 0.25) is 0 Å². The van der Waals surface area contributed by atoms with Crippen LogP contribution < -0.4 is 25.4 Å². The van der Waals surface area contributed by atoms with E-state index in [-0.39, 0.29) is 31.3 Å². The van der Waals surface area contributed by atoms with Crippen molar-refractivity contribution in [3.8, 4) is 11.5 Å². The SMILES string of the molecule is CC(C)NC(=O)Nc1nc2c(s1)CN(CC(=O)Nc1ccc3c(c1)OCO3)CC2. The van der Waals surface area contributed by atoms with Crippen molar-refractivity contribution >= 4 is 34.1 Å². The molecule has 154 valence electrons. The number of hydrogen-bond donors (Lipinski definition) is 3. The molecule has 0 radical (unpaired) electrons. The normalized spacial score (nSPS) is 15.1. The molecule has 2 aromatic rings. The lowest BCUT2D eigenvalue weighted by atomic mass is 10.2. The molecule has 1 aromatic heterocycles. The van der Waals surface area contributed by atoms with Gasteiger partial charge in [-0.25, -0.2) is 9.78 Å². The highest BCUT2D eigenvalue weighted by Gasteiger charge is 2.23. The highest BCUT2D eigenvalue weighted by Crippen LogP contribution is 2.34. The predicted molar refractivity (Wildman–Crippen MR) is 110 cm³/mol. The Hall–Kier alpha value is -2.85. The predicted octanol–water partition coefficient (Wildman–Crippen LogP) is 2.40. The minimum Gasteiger partial charge on any atom is -0.454 e. The van der Waals surface area contributed by atoms with Gasteiger partial charge in [0.05, 0.1) is 12.2 Å². The summed E-state index contributed by atoms with van der Waals surface area (Å²) < 4.78 is 10.6. The van der Waals surface area contributed by atoms with E-state index in [9.17, 15) is 9.59 Å². The number of amides is 3. The number of urea groups is 1. The van der Waals surface area contributed by atoms with E-state index in [0.29, 0.717) is 28.9 Å². The molecule has 9 nitrogen and oxygen atoms in total. The number of benzene rings is 1. The summed E-state index contributed by atoms with van der Waals surface area (Å²) in [7, 11) is 0. The Balaban J connectivity index is 1.31. The number of aromatic nitrogens is 1. The molecule has 1 aromatic carbocycles. The average molecular weight is 417 g/mol. The van der Waals surface area contributed by atoms with Gasteiger partial charge in [0.1, 0.15) is 0 Å². The van der Waals surface area contributed by atoms with Crippen LogP contribution in [0, 0.1) is 0 Å². The smallest absolute Gasteiger partial charge is 0.321 e. The third-order valence-electron chi connectivity index (χ3n) is 4.47. The highest BCUT2D eigenvalue weighted by atomic mass is 32.1. The molecule has 10 heteroatoms. The van der Waals surface area contributed by atoms with Crippen LogP contribution in [0.25, 0.3) is 0 Å². The van der Waals surface area contributed by atoms with Gasteiger partial charge in [0, 0.05) is 42.2 Å². The molecule has 0 spiro atoms. The third-order valence-corrected chi connectivity index (χ3v) is 5.47. The van der Waals surface area contributed by atoms with Crippen molar-refractivity contribution < 1.29 is 19.1 Å². The summed E-state index contributed by atoms with van der Waals surface area (Å²) in [5, 5.41) is 9.04. The second-order valence-electron chi connectivity index (χ2n) is 7.22. The Labute approximate surface area is 172 Å². The van der Waals surface area contributed by atoms with Crippen LogP contribution >= 0.6 is 11.3 Å². The molecular weight excluding hydrogens is 394 g/mol. The van der Waals surface area contributed by atoms with Crippen LogP contribution in [0.4, 0.5) is 15.6 Å². The second kappa shape index (κ2) is 8.26. The van der Waals surface area contributed by atoms with Crippen LogP contribution in [0.3, 0.4) is 0 Å². The van der Waals surface area contributed by atoms with E-state index in [1.807, 2.05) is 13.8 Å². The lowest BCUT2D eigenvalue weighted by Crippen LogP contribution is -2.36. The Bertz CT molecular complexity index is 929. The number of ether oxygens (including phenoxy) is 2. The molecule has 0 saturated carbocycles. The fourth-order valence-corrected chi connectivity index (χ4v) is 4.26. The number of thiazole rings is 1. The fourth-order valence-electron chi connectivity index (χ4n) is 3.21. The summed E-state index contributed by atoms with van der Waals surface area (Å²) in [6, 6.07) is 5.14. The Kier molecular flexibility index (Phi) is 5.54. The highest BCUT2D eigenvalue weighted by molar-refractivity contribution is 7.15. The molecule has 3 N–H and O–H groups in total. The van der Waals surface area contributed by atoms with E-state index in [2.05, 4.69) is 25.8 Å². The van der Waals surface area contributed by atoms with Crippen molar-refractivity contribution in [2.45, 2.75) is 32.9 Å². The average Bonchev–Trinajstić information content (AvgIpc) is 3.26. The summed E-state index contributed by atoms with van der Waals surface area (Å²) in [5.74, 6) is 1.23. The maximum absolute atomic E-state index is 12.4. The summed E-state index contributed by atoms with van der Waals surface area (Å²) >= 11 is 1.45. The lowest BCUT2D eigenvalue weighted by Gasteiger charge is -2.25. The third kappa shape index (κ3) is 4.77. The van der Waals surface area contributed by atoms with E-state index in [1.165, 1.54) is 11.3 Å². The van der Waals surface area contributed by atoms with Crippen molar-refractivity contribution in [1.82, 2.24) is 15.2 Å². The number of hydrogen-bond acceptors (Lipinski definition) is 7. The van der Waals surface area contributed by atoms with E-state index in [0.717, 1.165) is 23.5 Å². The number of nitrogens with zero attached hydrogens (tertiary/aromatic N) is 2. The zero-order valence-electron chi connectivity index (χ0n) is 16.3. The second-order valence-corrected chi connectivity index (χ2v) is 8.30. The lowest BCUT2D eigenvalue weighted by molar-refractivity contribution is -0.117. The molecule has 2 aliphatic rings. The molecule has 29 heavy (non-hydrogen) atoms. The maximum Gasteiger partial charge on any atom is 0.321 e. The zero-order valence-corrected chi connectivity index (χ0v) is 17.1. The van der Waals surface area contributed by atoms with Gasteiger partial charge in [-0.05, 0) is 26.0 Å². The topological polar surface area (TPSA) is 105 Å². The van der Waals surface area contributed by atoms with Gasteiger partial charge in [0.25, 0.3) is 0 Å². The Morgan fingerprint density at radius 2 is 2.07 bits per heavy atom. The number of anilines is 2.